The summed E-state index contributed by atoms with van der Waals surface area (Å²) in [5.41, 5.74) is 2.48. The first-order valence-electron chi connectivity index (χ1n) is 6.54. The van der Waals surface area contributed by atoms with Gasteiger partial charge in [-0.3, -0.25) is 0 Å². The predicted octanol–water partition coefficient (Wildman–Crippen LogP) is 5.19. The highest BCUT2D eigenvalue weighted by atomic mass is 28.4. The maximum Gasteiger partial charge on any atom is 0.250 e. The van der Waals surface area contributed by atoms with E-state index in [0.717, 1.165) is 12.2 Å². The standard InChI is InChI=1S/C16H26OSi/c1-13(2)12-14-8-10-15(11-9-14)17-18(6,7)16(3,4)5/h8-11H,1,12H2,2-7H3. The van der Waals surface area contributed by atoms with Crippen LogP contribution in [0.3, 0.4) is 0 Å². The molecule has 0 spiro atoms. The van der Waals surface area contributed by atoms with Gasteiger partial charge in [0.25, 0.3) is 0 Å². The third kappa shape index (κ3) is 4.02. The quantitative estimate of drug-likeness (QED) is 0.536. The third-order valence-corrected chi connectivity index (χ3v) is 7.97. The van der Waals surface area contributed by atoms with Crippen molar-refractivity contribution in [1.29, 1.82) is 0 Å². The minimum atomic E-state index is -1.71. The molecule has 0 atom stereocenters. The highest BCUT2D eigenvalue weighted by Crippen LogP contribution is 2.37. The lowest BCUT2D eigenvalue weighted by atomic mass is 10.1. The summed E-state index contributed by atoms with van der Waals surface area (Å²) in [4.78, 5) is 0. The van der Waals surface area contributed by atoms with Gasteiger partial charge in [-0.2, -0.15) is 0 Å². The van der Waals surface area contributed by atoms with Gasteiger partial charge in [0.2, 0.25) is 8.32 Å². The second kappa shape index (κ2) is 5.31. The number of benzene rings is 1. The minimum absolute atomic E-state index is 0.239. The highest BCUT2D eigenvalue weighted by Gasteiger charge is 2.38. The van der Waals surface area contributed by atoms with Crippen molar-refractivity contribution in [2.24, 2.45) is 0 Å². The maximum absolute atomic E-state index is 6.24. The van der Waals surface area contributed by atoms with Crippen molar-refractivity contribution in [2.75, 3.05) is 0 Å². The van der Waals surface area contributed by atoms with Crippen LogP contribution in [0.2, 0.25) is 18.1 Å². The highest BCUT2D eigenvalue weighted by molar-refractivity contribution is 6.74. The zero-order valence-corrected chi connectivity index (χ0v) is 13.6. The van der Waals surface area contributed by atoms with E-state index in [1.165, 1.54) is 11.1 Å². The van der Waals surface area contributed by atoms with Crippen LogP contribution in [-0.4, -0.2) is 8.32 Å². The van der Waals surface area contributed by atoms with Crippen LogP contribution >= 0.6 is 0 Å². The van der Waals surface area contributed by atoms with E-state index in [4.69, 9.17) is 4.43 Å². The molecule has 0 aliphatic rings. The Labute approximate surface area is 113 Å². The van der Waals surface area contributed by atoms with Crippen molar-refractivity contribution in [3.8, 4) is 5.75 Å². The van der Waals surface area contributed by atoms with Gasteiger partial charge in [-0.05, 0) is 49.2 Å². The molecule has 0 amide bonds. The summed E-state index contributed by atoms with van der Waals surface area (Å²) in [6.45, 7) is 17.3. The molecule has 0 fully saturated rings. The van der Waals surface area contributed by atoms with E-state index < -0.39 is 8.32 Å². The lowest BCUT2D eigenvalue weighted by Crippen LogP contribution is -2.43. The molecule has 0 saturated carbocycles. The van der Waals surface area contributed by atoms with Crippen molar-refractivity contribution < 1.29 is 4.43 Å². The summed E-state index contributed by atoms with van der Waals surface area (Å²) >= 11 is 0. The molecule has 0 radical (unpaired) electrons. The maximum atomic E-state index is 6.24. The summed E-state index contributed by atoms with van der Waals surface area (Å²) in [7, 11) is -1.71. The van der Waals surface area contributed by atoms with Gasteiger partial charge in [0.05, 0.1) is 0 Å². The molecule has 1 nitrogen and oxygen atoms in total. The zero-order valence-electron chi connectivity index (χ0n) is 12.6. The average Bonchev–Trinajstić information content (AvgIpc) is 2.18. The third-order valence-electron chi connectivity index (χ3n) is 3.61. The van der Waals surface area contributed by atoms with E-state index in [9.17, 15) is 0 Å². The number of allylic oxidation sites excluding steroid dienone is 1. The molecule has 18 heavy (non-hydrogen) atoms. The van der Waals surface area contributed by atoms with Gasteiger partial charge in [0.1, 0.15) is 5.75 Å². The minimum Gasteiger partial charge on any atom is -0.544 e. The van der Waals surface area contributed by atoms with E-state index in [0.29, 0.717) is 0 Å². The van der Waals surface area contributed by atoms with Gasteiger partial charge < -0.3 is 4.43 Å². The molecule has 0 N–H and O–H groups in total. The van der Waals surface area contributed by atoms with Crippen molar-refractivity contribution in [2.45, 2.75) is 52.2 Å². The molecular formula is C16H26OSi. The fourth-order valence-electron chi connectivity index (χ4n) is 1.47. The average molecular weight is 262 g/mol. The summed E-state index contributed by atoms with van der Waals surface area (Å²) < 4.78 is 6.24. The Bertz CT molecular complexity index is 410. The second-order valence-corrected chi connectivity index (χ2v) is 11.4. The molecule has 2 heteroatoms. The van der Waals surface area contributed by atoms with Crippen LogP contribution in [-0.2, 0) is 6.42 Å². The van der Waals surface area contributed by atoms with Gasteiger partial charge in [-0.1, -0.05) is 45.1 Å². The molecule has 0 saturated heterocycles. The molecule has 0 heterocycles. The molecule has 0 aliphatic carbocycles. The summed E-state index contributed by atoms with van der Waals surface area (Å²) in [6, 6.07) is 8.44. The first kappa shape index (κ1) is 15.0. The van der Waals surface area contributed by atoms with Crippen LogP contribution in [0.1, 0.15) is 33.3 Å². The Morgan fingerprint density at radius 2 is 1.67 bits per heavy atom. The first-order valence-corrected chi connectivity index (χ1v) is 9.45. The number of rotatable bonds is 4. The number of hydrogen-bond acceptors (Lipinski definition) is 1. The fraction of sp³-hybridized carbons (Fsp3) is 0.500. The van der Waals surface area contributed by atoms with Crippen LogP contribution in [0, 0.1) is 0 Å². The van der Waals surface area contributed by atoms with Crippen molar-refractivity contribution >= 4 is 8.32 Å². The first-order chi connectivity index (χ1) is 8.12. The van der Waals surface area contributed by atoms with E-state index in [1.807, 2.05) is 0 Å². The Kier molecular flexibility index (Phi) is 4.44. The molecular weight excluding hydrogens is 236 g/mol. The molecule has 100 valence electrons. The van der Waals surface area contributed by atoms with Gasteiger partial charge in [0, 0.05) is 0 Å². The molecule has 1 rings (SSSR count). The summed E-state index contributed by atoms with van der Waals surface area (Å²) in [5.74, 6) is 0.993. The van der Waals surface area contributed by atoms with Crippen LogP contribution < -0.4 is 4.43 Å². The Morgan fingerprint density at radius 1 is 1.17 bits per heavy atom. The van der Waals surface area contributed by atoms with E-state index in [-0.39, 0.29) is 5.04 Å². The lowest BCUT2D eigenvalue weighted by Gasteiger charge is -2.36. The van der Waals surface area contributed by atoms with Crippen LogP contribution in [0.4, 0.5) is 0 Å². The lowest BCUT2D eigenvalue weighted by molar-refractivity contribution is 0.492. The molecule has 0 bridgehead atoms. The van der Waals surface area contributed by atoms with Crippen LogP contribution in [0.15, 0.2) is 36.4 Å². The van der Waals surface area contributed by atoms with Crippen LogP contribution in [0.5, 0.6) is 5.75 Å². The Morgan fingerprint density at radius 3 is 2.06 bits per heavy atom. The van der Waals surface area contributed by atoms with E-state index in [2.05, 4.69) is 71.6 Å². The SMILES string of the molecule is C=C(C)Cc1ccc(O[Si](C)(C)C(C)(C)C)cc1. The second-order valence-electron chi connectivity index (χ2n) is 6.64. The fourth-order valence-corrected chi connectivity index (χ4v) is 2.50. The molecule has 1 aromatic rings. The zero-order chi connectivity index (χ0) is 14.0. The van der Waals surface area contributed by atoms with Crippen LogP contribution in [0.25, 0.3) is 0 Å². The predicted molar refractivity (Wildman–Crippen MR) is 82.8 cm³/mol. The largest absolute Gasteiger partial charge is 0.544 e. The smallest absolute Gasteiger partial charge is 0.250 e. The van der Waals surface area contributed by atoms with Crippen molar-refractivity contribution in [3.63, 3.8) is 0 Å². The molecule has 0 aliphatic heterocycles. The van der Waals surface area contributed by atoms with Gasteiger partial charge in [-0.15, -0.1) is 0 Å². The topological polar surface area (TPSA) is 9.23 Å². The van der Waals surface area contributed by atoms with Gasteiger partial charge >= 0.3 is 0 Å². The van der Waals surface area contributed by atoms with Gasteiger partial charge in [-0.25, -0.2) is 0 Å². The summed E-state index contributed by atoms with van der Waals surface area (Å²) in [5, 5.41) is 0.239. The van der Waals surface area contributed by atoms with Crippen molar-refractivity contribution in [3.05, 3.63) is 42.0 Å². The summed E-state index contributed by atoms with van der Waals surface area (Å²) in [6.07, 6.45) is 0.945. The molecule has 0 unspecified atom stereocenters. The Hall–Kier alpha value is -1.02. The normalized spacial score (nSPS) is 12.3. The van der Waals surface area contributed by atoms with Gasteiger partial charge in [0.15, 0.2) is 0 Å². The monoisotopic (exact) mass is 262 g/mol. The van der Waals surface area contributed by atoms with Crippen molar-refractivity contribution in [1.82, 2.24) is 0 Å². The molecule has 1 aromatic carbocycles. The molecule has 0 aromatic heterocycles. The Balaban J connectivity index is 2.78. The van der Waals surface area contributed by atoms with E-state index in [1.54, 1.807) is 0 Å². The number of hydrogen-bond donors (Lipinski definition) is 0. The van der Waals surface area contributed by atoms with E-state index >= 15 is 0 Å².